The van der Waals surface area contributed by atoms with Gasteiger partial charge in [-0.3, -0.25) is 9.36 Å². The number of thiophene rings is 1. The molecule has 2 aromatic heterocycles. The van der Waals surface area contributed by atoms with Crippen LogP contribution < -0.4 is 19.6 Å². The van der Waals surface area contributed by atoms with E-state index in [4.69, 9.17) is 9.47 Å². The average Bonchev–Trinajstić information content (AvgIpc) is 3.60. The van der Waals surface area contributed by atoms with Crippen molar-refractivity contribution in [2.45, 2.75) is 26.5 Å². The average molecular weight is 567 g/mol. The van der Waals surface area contributed by atoms with Crippen molar-refractivity contribution in [2.75, 3.05) is 6.61 Å². The van der Waals surface area contributed by atoms with Gasteiger partial charge >= 0.3 is 5.97 Å². The van der Waals surface area contributed by atoms with Crippen molar-refractivity contribution >= 4 is 45.5 Å². The number of ether oxygens (including phenoxy) is 2. The Balaban J connectivity index is 1.40. The fourth-order valence-corrected chi connectivity index (χ4v) is 6.81. The molecule has 0 saturated carbocycles. The molecule has 1 atom stereocenters. The summed E-state index contributed by atoms with van der Waals surface area (Å²) in [4.78, 5) is 32.9. The van der Waals surface area contributed by atoms with E-state index in [1.807, 2.05) is 66.1 Å². The molecule has 0 unspecified atom stereocenters. The van der Waals surface area contributed by atoms with Crippen molar-refractivity contribution < 1.29 is 14.3 Å². The summed E-state index contributed by atoms with van der Waals surface area (Å²) in [6.45, 7) is 4.20. The minimum absolute atomic E-state index is 0.208. The van der Waals surface area contributed by atoms with E-state index in [1.54, 1.807) is 18.4 Å². The van der Waals surface area contributed by atoms with E-state index in [9.17, 15) is 9.59 Å². The molecule has 1 aliphatic rings. The fraction of sp³-hybridized carbons (Fsp3) is 0.156. The molecule has 200 valence electrons. The largest absolute Gasteiger partial charge is 0.488 e. The number of thiazole rings is 1. The molecule has 40 heavy (non-hydrogen) atoms. The standard InChI is InChI=1S/C32H26N2O4S2/c1-3-37-31(36)28-20(2)33-32-34(29(28)26-16-9-17-39-26)30(35)27(40-32)18-22-11-5-7-15-25(22)38-19-23-13-8-12-21-10-4-6-14-24(21)23/h4-18,29H,3,19H2,1-2H3/b27-18+/t29-/m1/s1. The van der Waals surface area contributed by atoms with Gasteiger partial charge in [0.15, 0.2) is 4.80 Å². The molecular weight excluding hydrogens is 540 g/mol. The zero-order chi connectivity index (χ0) is 27.6. The smallest absolute Gasteiger partial charge is 0.338 e. The van der Waals surface area contributed by atoms with Gasteiger partial charge < -0.3 is 9.47 Å². The Bertz CT molecular complexity index is 1930. The van der Waals surface area contributed by atoms with Gasteiger partial charge in [-0.1, -0.05) is 78.1 Å². The number of rotatable bonds is 7. The normalized spacial score (nSPS) is 15.2. The maximum Gasteiger partial charge on any atom is 0.338 e. The summed E-state index contributed by atoms with van der Waals surface area (Å²) in [7, 11) is 0. The molecule has 3 aromatic carbocycles. The van der Waals surface area contributed by atoms with E-state index in [0.29, 0.717) is 33.0 Å². The molecule has 0 aliphatic carbocycles. The number of esters is 1. The van der Waals surface area contributed by atoms with Gasteiger partial charge in [-0.25, -0.2) is 9.79 Å². The minimum atomic E-state index is -0.588. The van der Waals surface area contributed by atoms with Crippen LogP contribution in [-0.4, -0.2) is 17.1 Å². The van der Waals surface area contributed by atoms with Gasteiger partial charge in [-0.2, -0.15) is 0 Å². The third-order valence-electron chi connectivity index (χ3n) is 6.80. The number of hydrogen-bond donors (Lipinski definition) is 0. The summed E-state index contributed by atoms with van der Waals surface area (Å²) >= 11 is 2.80. The number of para-hydroxylation sites is 1. The zero-order valence-electron chi connectivity index (χ0n) is 22.0. The molecule has 6 rings (SSSR count). The lowest BCUT2D eigenvalue weighted by molar-refractivity contribution is -0.139. The van der Waals surface area contributed by atoms with Gasteiger partial charge in [0.05, 0.1) is 22.4 Å². The summed E-state index contributed by atoms with van der Waals surface area (Å²) < 4.78 is 13.8. The summed E-state index contributed by atoms with van der Waals surface area (Å²) in [5.74, 6) is 0.225. The molecule has 0 amide bonds. The number of carbonyl (C=O) groups excluding carboxylic acids is 1. The lowest BCUT2D eigenvalue weighted by atomic mass is 10.0. The van der Waals surface area contributed by atoms with Crippen LogP contribution in [0.5, 0.6) is 5.75 Å². The van der Waals surface area contributed by atoms with Crippen LogP contribution in [0.2, 0.25) is 0 Å². The highest BCUT2D eigenvalue weighted by molar-refractivity contribution is 7.10. The number of allylic oxidation sites excluding steroid dienone is 1. The first-order chi connectivity index (χ1) is 19.5. The highest BCUT2D eigenvalue weighted by atomic mass is 32.1. The van der Waals surface area contributed by atoms with Gasteiger partial charge in [0.1, 0.15) is 18.4 Å². The monoisotopic (exact) mass is 566 g/mol. The second kappa shape index (κ2) is 11.1. The maximum absolute atomic E-state index is 13.9. The van der Waals surface area contributed by atoms with Crippen LogP contribution >= 0.6 is 22.7 Å². The third-order valence-corrected chi connectivity index (χ3v) is 8.71. The topological polar surface area (TPSA) is 69.9 Å². The predicted molar refractivity (Wildman–Crippen MR) is 159 cm³/mol. The molecule has 0 radical (unpaired) electrons. The summed E-state index contributed by atoms with van der Waals surface area (Å²) in [6.07, 6.45) is 1.84. The SMILES string of the molecule is CCOC(=O)C1=C(C)N=c2s/c(=C/c3ccccc3OCc3cccc4ccccc34)c(=O)n2[C@@H]1c1cccs1. The van der Waals surface area contributed by atoms with Crippen molar-refractivity contribution in [1.29, 1.82) is 0 Å². The molecule has 0 N–H and O–H groups in total. The number of nitrogens with zero attached hydrogens (tertiary/aromatic N) is 2. The molecule has 8 heteroatoms. The quantitative estimate of drug-likeness (QED) is 0.241. The van der Waals surface area contributed by atoms with E-state index in [0.717, 1.165) is 26.8 Å². The highest BCUT2D eigenvalue weighted by Gasteiger charge is 2.33. The van der Waals surface area contributed by atoms with Gasteiger partial charge in [-0.05, 0) is 53.8 Å². The molecule has 6 nitrogen and oxygen atoms in total. The van der Waals surface area contributed by atoms with Crippen LogP contribution in [0.4, 0.5) is 0 Å². The van der Waals surface area contributed by atoms with Crippen LogP contribution in [0, 0.1) is 0 Å². The second-order valence-corrected chi connectivity index (χ2v) is 11.3. The summed E-state index contributed by atoms with van der Waals surface area (Å²) in [5, 5.41) is 4.25. The number of fused-ring (bicyclic) bond motifs is 2. The van der Waals surface area contributed by atoms with Crippen LogP contribution in [0.3, 0.4) is 0 Å². The lowest BCUT2D eigenvalue weighted by Crippen LogP contribution is -2.39. The molecule has 0 spiro atoms. The van der Waals surface area contributed by atoms with Gasteiger partial charge in [-0.15, -0.1) is 11.3 Å². The van der Waals surface area contributed by atoms with Crippen molar-refractivity contribution in [1.82, 2.24) is 4.57 Å². The molecule has 0 bridgehead atoms. The van der Waals surface area contributed by atoms with Gasteiger partial charge in [0.25, 0.3) is 5.56 Å². The first-order valence-electron chi connectivity index (χ1n) is 13.0. The lowest BCUT2D eigenvalue weighted by Gasteiger charge is -2.23. The maximum atomic E-state index is 13.9. The Hall–Kier alpha value is -4.27. The fourth-order valence-electron chi connectivity index (χ4n) is 4.95. The third kappa shape index (κ3) is 4.80. The molecule has 5 aromatic rings. The van der Waals surface area contributed by atoms with E-state index in [-0.39, 0.29) is 12.2 Å². The van der Waals surface area contributed by atoms with E-state index in [1.165, 1.54) is 22.7 Å². The van der Waals surface area contributed by atoms with E-state index in [2.05, 4.69) is 29.3 Å². The number of hydrogen-bond acceptors (Lipinski definition) is 7. The van der Waals surface area contributed by atoms with Crippen LogP contribution in [-0.2, 0) is 16.1 Å². The molecule has 0 fully saturated rings. The van der Waals surface area contributed by atoms with E-state index < -0.39 is 12.0 Å². The Labute approximate surface area is 238 Å². The summed E-state index contributed by atoms with van der Waals surface area (Å²) in [6, 6.07) is 25.4. The number of aromatic nitrogens is 1. The molecule has 1 aliphatic heterocycles. The van der Waals surface area contributed by atoms with Gasteiger partial charge in [0.2, 0.25) is 0 Å². The van der Waals surface area contributed by atoms with Crippen LogP contribution in [0.25, 0.3) is 16.8 Å². The van der Waals surface area contributed by atoms with Crippen molar-refractivity contribution in [3.63, 3.8) is 0 Å². The van der Waals surface area contributed by atoms with Crippen molar-refractivity contribution in [3.8, 4) is 5.75 Å². The van der Waals surface area contributed by atoms with Crippen LogP contribution in [0.1, 0.15) is 35.9 Å². The predicted octanol–water partition coefficient (Wildman–Crippen LogP) is 5.59. The minimum Gasteiger partial charge on any atom is -0.488 e. The Morgan fingerprint density at radius 2 is 1.82 bits per heavy atom. The molecule has 3 heterocycles. The Kier molecular flexibility index (Phi) is 7.19. The summed E-state index contributed by atoms with van der Waals surface area (Å²) in [5.41, 5.74) is 2.62. The van der Waals surface area contributed by atoms with Crippen molar-refractivity contribution in [3.05, 3.63) is 131 Å². The second-order valence-electron chi connectivity index (χ2n) is 9.28. The molecule has 0 saturated heterocycles. The van der Waals surface area contributed by atoms with Crippen LogP contribution in [0.15, 0.2) is 105 Å². The first kappa shape index (κ1) is 26.0. The number of carbonyl (C=O) groups is 1. The number of benzene rings is 3. The van der Waals surface area contributed by atoms with Gasteiger partial charge in [0, 0.05) is 10.4 Å². The molecular formula is C32H26N2O4S2. The zero-order valence-corrected chi connectivity index (χ0v) is 23.6. The van der Waals surface area contributed by atoms with Crippen molar-refractivity contribution in [2.24, 2.45) is 4.99 Å². The van der Waals surface area contributed by atoms with E-state index >= 15 is 0 Å². The Morgan fingerprint density at radius 3 is 2.65 bits per heavy atom. The Morgan fingerprint density at radius 1 is 1.02 bits per heavy atom. The highest BCUT2D eigenvalue weighted by Crippen LogP contribution is 2.33. The first-order valence-corrected chi connectivity index (χ1v) is 14.7.